The largest absolute Gasteiger partial charge is 0.269 e. The lowest BCUT2D eigenvalue weighted by molar-refractivity contribution is 0.391. The Kier molecular flexibility index (Phi) is 5.34. The Morgan fingerprint density at radius 3 is 2.62 bits per heavy atom. The fourth-order valence-corrected chi connectivity index (χ4v) is 1.62. The van der Waals surface area contributed by atoms with E-state index >= 15 is 0 Å². The number of hydrazone groups is 1. The molecular formula is C14H20N2. The second-order valence-corrected chi connectivity index (χ2v) is 3.95. The summed E-state index contributed by atoms with van der Waals surface area (Å²) in [5.41, 5.74) is 2.58. The standard InChI is InChI=1S/C14H20N2/c1-4-8-13(2)11-16(15-3)12-14-9-6-5-7-10-14/h5-7,9-11H,3-4,8,12H2,1-2H3/b13-11+. The molecule has 2 heteroatoms. The summed E-state index contributed by atoms with van der Waals surface area (Å²) in [7, 11) is 0. The summed E-state index contributed by atoms with van der Waals surface area (Å²) in [6.07, 6.45) is 4.35. The van der Waals surface area contributed by atoms with E-state index in [1.165, 1.54) is 17.6 Å². The summed E-state index contributed by atoms with van der Waals surface area (Å²) >= 11 is 0. The van der Waals surface area contributed by atoms with Crippen LogP contribution in [0.5, 0.6) is 0 Å². The Morgan fingerprint density at radius 2 is 2.06 bits per heavy atom. The quantitative estimate of drug-likeness (QED) is 0.521. The second kappa shape index (κ2) is 6.83. The molecule has 2 nitrogen and oxygen atoms in total. The van der Waals surface area contributed by atoms with Crippen molar-refractivity contribution in [2.24, 2.45) is 5.10 Å². The second-order valence-electron chi connectivity index (χ2n) is 3.95. The van der Waals surface area contributed by atoms with Crippen molar-refractivity contribution in [3.8, 4) is 0 Å². The molecule has 0 bridgehead atoms. The van der Waals surface area contributed by atoms with Gasteiger partial charge in [0, 0.05) is 12.9 Å². The lowest BCUT2D eigenvalue weighted by atomic mass is 10.2. The van der Waals surface area contributed by atoms with Crippen LogP contribution in [-0.2, 0) is 6.54 Å². The predicted molar refractivity (Wildman–Crippen MR) is 70.2 cm³/mol. The number of rotatable bonds is 6. The number of hydrogen-bond donors (Lipinski definition) is 0. The number of nitrogens with zero attached hydrogens (tertiary/aromatic N) is 2. The molecule has 0 aromatic heterocycles. The van der Waals surface area contributed by atoms with Crippen LogP contribution in [0.4, 0.5) is 0 Å². The van der Waals surface area contributed by atoms with Crippen LogP contribution in [0.3, 0.4) is 0 Å². The highest BCUT2D eigenvalue weighted by Crippen LogP contribution is 2.09. The first-order chi connectivity index (χ1) is 7.76. The molecule has 0 aliphatic carbocycles. The van der Waals surface area contributed by atoms with E-state index in [0.29, 0.717) is 0 Å². The first-order valence-corrected chi connectivity index (χ1v) is 5.70. The molecule has 0 atom stereocenters. The van der Waals surface area contributed by atoms with Gasteiger partial charge in [-0.05, 0) is 18.9 Å². The molecule has 0 aliphatic rings. The van der Waals surface area contributed by atoms with Crippen LogP contribution in [0, 0.1) is 0 Å². The Morgan fingerprint density at radius 1 is 1.38 bits per heavy atom. The molecule has 16 heavy (non-hydrogen) atoms. The van der Waals surface area contributed by atoms with Crippen molar-refractivity contribution in [3.63, 3.8) is 0 Å². The third-order valence-electron chi connectivity index (χ3n) is 2.38. The predicted octanol–water partition coefficient (Wildman–Crippen LogP) is 3.81. The van der Waals surface area contributed by atoms with Gasteiger partial charge in [0.2, 0.25) is 0 Å². The van der Waals surface area contributed by atoms with Crippen LogP contribution in [0.25, 0.3) is 0 Å². The maximum atomic E-state index is 4.01. The van der Waals surface area contributed by atoms with E-state index < -0.39 is 0 Å². The van der Waals surface area contributed by atoms with Crippen LogP contribution >= 0.6 is 0 Å². The van der Waals surface area contributed by atoms with E-state index in [1.807, 2.05) is 23.2 Å². The third-order valence-corrected chi connectivity index (χ3v) is 2.38. The minimum atomic E-state index is 0.783. The average molecular weight is 216 g/mol. The van der Waals surface area contributed by atoms with Crippen molar-refractivity contribution in [2.75, 3.05) is 0 Å². The Balaban J connectivity index is 2.62. The Hall–Kier alpha value is -1.57. The molecule has 0 spiro atoms. The number of benzene rings is 1. The molecule has 1 rings (SSSR count). The fraction of sp³-hybridized carbons (Fsp3) is 0.357. The molecule has 0 fully saturated rings. The van der Waals surface area contributed by atoms with Crippen molar-refractivity contribution in [3.05, 3.63) is 47.7 Å². The summed E-state index contributed by atoms with van der Waals surface area (Å²) in [5.74, 6) is 0. The van der Waals surface area contributed by atoms with Gasteiger partial charge in [0.05, 0.1) is 6.54 Å². The van der Waals surface area contributed by atoms with Gasteiger partial charge in [-0.3, -0.25) is 5.01 Å². The first kappa shape index (κ1) is 12.5. The normalized spacial score (nSPS) is 11.2. The van der Waals surface area contributed by atoms with Crippen LogP contribution in [0.2, 0.25) is 0 Å². The van der Waals surface area contributed by atoms with Gasteiger partial charge in [0.1, 0.15) is 0 Å². The van der Waals surface area contributed by atoms with Gasteiger partial charge < -0.3 is 0 Å². The summed E-state index contributed by atoms with van der Waals surface area (Å²) in [6.45, 7) is 8.70. The van der Waals surface area contributed by atoms with Gasteiger partial charge in [-0.25, -0.2) is 0 Å². The smallest absolute Gasteiger partial charge is 0.0659 e. The van der Waals surface area contributed by atoms with Crippen LogP contribution < -0.4 is 0 Å². The van der Waals surface area contributed by atoms with Crippen molar-refractivity contribution >= 4 is 6.72 Å². The minimum Gasteiger partial charge on any atom is -0.269 e. The lowest BCUT2D eigenvalue weighted by Gasteiger charge is -2.15. The molecule has 0 heterocycles. The summed E-state index contributed by atoms with van der Waals surface area (Å²) in [4.78, 5) is 0. The van der Waals surface area contributed by atoms with E-state index in [9.17, 15) is 0 Å². The molecule has 0 radical (unpaired) electrons. The van der Waals surface area contributed by atoms with Gasteiger partial charge in [0.25, 0.3) is 0 Å². The zero-order valence-electron chi connectivity index (χ0n) is 10.2. The molecule has 0 N–H and O–H groups in total. The number of allylic oxidation sites excluding steroid dienone is 1. The number of hydrogen-bond acceptors (Lipinski definition) is 2. The van der Waals surface area contributed by atoms with E-state index in [2.05, 4.69) is 44.0 Å². The molecular weight excluding hydrogens is 196 g/mol. The van der Waals surface area contributed by atoms with E-state index in [0.717, 1.165) is 13.0 Å². The first-order valence-electron chi connectivity index (χ1n) is 5.70. The molecule has 0 unspecified atom stereocenters. The highest BCUT2D eigenvalue weighted by atomic mass is 15.4. The molecule has 0 saturated heterocycles. The third kappa shape index (κ3) is 4.30. The highest BCUT2D eigenvalue weighted by molar-refractivity contribution is 5.23. The van der Waals surface area contributed by atoms with Crippen LogP contribution in [0.1, 0.15) is 32.3 Å². The lowest BCUT2D eigenvalue weighted by Crippen LogP contribution is -2.09. The topological polar surface area (TPSA) is 15.6 Å². The fourth-order valence-electron chi connectivity index (χ4n) is 1.62. The summed E-state index contributed by atoms with van der Waals surface area (Å²) in [6, 6.07) is 10.3. The van der Waals surface area contributed by atoms with Crippen LogP contribution in [-0.4, -0.2) is 11.7 Å². The molecule has 86 valence electrons. The van der Waals surface area contributed by atoms with E-state index in [-0.39, 0.29) is 0 Å². The molecule has 0 saturated carbocycles. The minimum absolute atomic E-state index is 0.783. The highest BCUT2D eigenvalue weighted by Gasteiger charge is 1.98. The van der Waals surface area contributed by atoms with Gasteiger partial charge in [-0.1, -0.05) is 49.2 Å². The van der Waals surface area contributed by atoms with E-state index in [1.54, 1.807) is 0 Å². The van der Waals surface area contributed by atoms with Crippen molar-refractivity contribution < 1.29 is 0 Å². The monoisotopic (exact) mass is 216 g/mol. The Labute approximate surface area is 98.3 Å². The maximum absolute atomic E-state index is 4.01. The Bertz CT molecular complexity index is 341. The average Bonchev–Trinajstić information content (AvgIpc) is 2.30. The summed E-state index contributed by atoms with van der Waals surface area (Å²) in [5, 5.41) is 5.90. The van der Waals surface area contributed by atoms with Gasteiger partial charge in [-0.2, -0.15) is 5.10 Å². The maximum Gasteiger partial charge on any atom is 0.0659 e. The SMILES string of the molecule is C=NN(/C=C(\C)CCC)Cc1ccccc1. The molecule has 1 aromatic carbocycles. The van der Waals surface area contributed by atoms with Crippen molar-refractivity contribution in [1.29, 1.82) is 0 Å². The zero-order chi connectivity index (χ0) is 11.8. The molecule has 1 aromatic rings. The molecule has 0 aliphatic heterocycles. The van der Waals surface area contributed by atoms with Crippen molar-refractivity contribution in [2.45, 2.75) is 33.2 Å². The summed E-state index contributed by atoms with van der Waals surface area (Å²) < 4.78 is 0. The zero-order valence-corrected chi connectivity index (χ0v) is 10.2. The van der Waals surface area contributed by atoms with Gasteiger partial charge >= 0.3 is 0 Å². The van der Waals surface area contributed by atoms with Crippen molar-refractivity contribution in [1.82, 2.24) is 5.01 Å². The van der Waals surface area contributed by atoms with Gasteiger partial charge in [-0.15, -0.1) is 0 Å². The van der Waals surface area contributed by atoms with Crippen LogP contribution in [0.15, 0.2) is 47.2 Å². The van der Waals surface area contributed by atoms with E-state index in [4.69, 9.17) is 0 Å². The van der Waals surface area contributed by atoms with Gasteiger partial charge in [0.15, 0.2) is 0 Å². The molecule has 0 amide bonds.